The predicted octanol–water partition coefficient (Wildman–Crippen LogP) is 4.75. The molecule has 1 saturated carbocycles. The van der Waals surface area contributed by atoms with Gasteiger partial charge in [-0.2, -0.15) is 10.2 Å². The summed E-state index contributed by atoms with van der Waals surface area (Å²) in [5.74, 6) is 1.88. The molecular weight excluding hydrogens is 366 g/mol. The van der Waals surface area contributed by atoms with Gasteiger partial charge in [0.05, 0.1) is 18.4 Å². The molecule has 2 aromatic carbocycles. The topological polar surface area (TPSA) is 51.4 Å². The highest BCUT2D eigenvalue weighted by Gasteiger charge is 2.43. The fourth-order valence-electron chi connectivity index (χ4n) is 3.79. The Bertz CT molecular complexity index is 1150. The third-order valence-corrected chi connectivity index (χ3v) is 5.66. The summed E-state index contributed by atoms with van der Waals surface area (Å²) >= 11 is 5.52. The molecule has 0 saturated heterocycles. The Labute approximate surface area is 168 Å². The predicted molar refractivity (Wildman–Crippen MR) is 111 cm³/mol. The van der Waals surface area contributed by atoms with E-state index >= 15 is 0 Å². The first-order chi connectivity index (χ1) is 13.7. The number of rotatable bonds is 5. The molecule has 0 unspecified atom stereocenters. The van der Waals surface area contributed by atoms with Crippen LogP contribution in [0.5, 0.6) is 0 Å². The molecule has 28 heavy (non-hydrogen) atoms. The zero-order valence-corrected chi connectivity index (χ0v) is 16.4. The zero-order valence-electron chi connectivity index (χ0n) is 15.6. The second-order valence-electron chi connectivity index (χ2n) is 7.46. The van der Waals surface area contributed by atoms with Gasteiger partial charge in [-0.05, 0) is 42.6 Å². The Hall–Kier alpha value is -2.99. The van der Waals surface area contributed by atoms with E-state index in [9.17, 15) is 0 Å². The number of nitrogens with one attached hydrogen (secondary N) is 1. The van der Waals surface area contributed by atoms with Crippen molar-refractivity contribution in [2.24, 2.45) is 0 Å². The molecule has 2 atom stereocenters. The molecule has 1 fully saturated rings. The maximum atomic E-state index is 5.52. The second kappa shape index (κ2) is 6.87. The van der Waals surface area contributed by atoms with Gasteiger partial charge in [0.2, 0.25) is 0 Å². The number of aromatic nitrogens is 5. The van der Waals surface area contributed by atoms with Crippen molar-refractivity contribution in [2.45, 2.75) is 31.7 Å². The van der Waals surface area contributed by atoms with Gasteiger partial charge in [0.1, 0.15) is 5.82 Å². The molecule has 140 valence electrons. The van der Waals surface area contributed by atoms with Crippen molar-refractivity contribution in [1.82, 2.24) is 24.5 Å². The van der Waals surface area contributed by atoms with Gasteiger partial charge in [0, 0.05) is 12.1 Å². The minimum atomic E-state index is 0.383. The van der Waals surface area contributed by atoms with E-state index in [0.29, 0.717) is 16.6 Å². The summed E-state index contributed by atoms with van der Waals surface area (Å²) in [5, 5.41) is 12.0. The highest BCUT2D eigenvalue weighted by atomic mass is 32.1. The van der Waals surface area contributed by atoms with E-state index in [4.69, 9.17) is 12.2 Å². The largest absolute Gasteiger partial charge is 0.269 e. The summed E-state index contributed by atoms with van der Waals surface area (Å²) < 4.78 is 4.58. The maximum absolute atomic E-state index is 5.52. The average Bonchev–Trinajstić information content (AvgIpc) is 3.21. The summed E-state index contributed by atoms with van der Waals surface area (Å²) in [6, 6.07) is 19.1. The van der Waals surface area contributed by atoms with E-state index in [1.165, 1.54) is 16.7 Å². The normalized spacial score (nSPS) is 18.3. The molecule has 1 aliphatic rings. The van der Waals surface area contributed by atoms with Crippen LogP contribution in [0.4, 0.5) is 0 Å². The Balaban J connectivity index is 1.41. The number of H-pyrrole nitrogens is 1. The Kier molecular flexibility index (Phi) is 4.20. The fraction of sp³-hybridized carbons (Fsp3) is 0.227. The molecule has 2 aromatic heterocycles. The van der Waals surface area contributed by atoms with Crippen molar-refractivity contribution in [2.75, 3.05) is 0 Å². The number of nitrogens with zero attached hydrogens (tertiary/aromatic N) is 4. The molecule has 5 nitrogen and oxygen atoms in total. The van der Waals surface area contributed by atoms with Gasteiger partial charge < -0.3 is 0 Å². The average molecular weight is 388 g/mol. The molecule has 0 spiro atoms. The highest BCUT2D eigenvalue weighted by Crippen LogP contribution is 2.54. The van der Waals surface area contributed by atoms with Crippen LogP contribution in [-0.4, -0.2) is 24.5 Å². The standard InChI is InChI=1S/C22H21N5S/c1-15-7-9-17(10-8-15)19-11-20(19)21-24-25-22(28)27(21)18-12-23-26(14-18)13-16-5-3-2-4-6-16/h2-10,12,14,19-20H,11,13H2,1H3,(H,25,28)/t19-,20-/m1/s1. The lowest BCUT2D eigenvalue weighted by molar-refractivity contribution is 0.686. The highest BCUT2D eigenvalue weighted by molar-refractivity contribution is 7.71. The van der Waals surface area contributed by atoms with Gasteiger partial charge in [-0.3, -0.25) is 14.3 Å². The van der Waals surface area contributed by atoms with Crippen molar-refractivity contribution in [1.29, 1.82) is 0 Å². The van der Waals surface area contributed by atoms with Crippen LogP contribution in [0.3, 0.4) is 0 Å². The first-order valence-electron chi connectivity index (χ1n) is 9.49. The van der Waals surface area contributed by atoms with Crippen LogP contribution in [0, 0.1) is 11.7 Å². The lowest BCUT2D eigenvalue weighted by atomic mass is 10.1. The Morgan fingerprint density at radius 1 is 1.07 bits per heavy atom. The first-order valence-corrected chi connectivity index (χ1v) is 9.90. The first kappa shape index (κ1) is 17.1. The monoisotopic (exact) mass is 387 g/mol. The second-order valence-corrected chi connectivity index (χ2v) is 7.85. The van der Waals surface area contributed by atoms with Crippen LogP contribution in [0.2, 0.25) is 0 Å². The van der Waals surface area contributed by atoms with Crippen molar-refractivity contribution in [3.8, 4) is 5.69 Å². The smallest absolute Gasteiger partial charge is 0.199 e. The molecule has 0 aliphatic heterocycles. The summed E-state index contributed by atoms with van der Waals surface area (Å²) in [7, 11) is 0. The van der Waals surface area contributed by atoms with E-state index in [-0.39, 0.29) is 0 Å². The lowest BCUT2D eigenvalue weighted by Crippen LogP contribution is -2.01. The van der Waals surface area contributed by atoms with Crippen LogP contribution in [0.15, 0.2) is 67.0 Å². The van der Waals surface area contributed by atoms with E-state index in [1.807, 2.05) is 39.8 Å². The van der Waals surface area contributed by atoms with Crippen LogP contribution in [0.25, 0.3) is 5.69 Å². The van der Waals surface area contributed by atoms with Gasteiger partial charge in [0.25, 0.3) is 0 Å². The van der Waals surface area contributed by atoms with Gasteiger partial charge in [-0.1, -0.05) is 60.2 Å². The summed E-state index contributed by atoms with van der Waals surface area (Å²) in [6.45, 7) is 2.85. The van der Waals surface area contributed by atoms with Crippen molar-refractivity contribution in [3.05, 3.63) is 94.3 Å². The molecule has 2 heterocycles. The molecule has 0 bridgehead atoms. The number of benzene rings is 2. The minimum Gasteiger partial charge on any atom is -0.269 e. The molecular formula is C22H21N5S. The zero-order chi connectivity index (χ0) is 19.1. The fourth-order valence-corrected chi connectivity index (χ4v) is 4.04. The Morgan fingerprint density at radius 3 is 2.64 bits per heavy atom. The molecule has 5 rings (SSSR count). The Morgan fingerprint density at radius 2 is 1.86 bits per heavy atom. The third-order valence-electron chi connectivity index (χ3n) is 5.39. The van der Waals surface area contributed by atoms with Crippen LogP contribution >= 0.6 is 12.2 Å². The summed E-state index contributed by atoms with van der Waals surface area (Å²) in [5.41, 5.74) is 4.83. The van der Waals surface area contributed by atoms with Gasteiger partial charge in [-0.25, -0.2) is 0 Å². The lowest BCUT2D eigenvalue weighted by Gasteiger charge is -2.05. The van der Waals surface area contributed by atoms with E-state index < -0.39 is 0 Å². The van der Waals surface area contributed by atoms with Crippen LogP contribution in [0.1, 0.15) is 40.8 Å². The molecule has 1 aliphatic carbocycles. The van der Waals surface area contributed by atoms with Gasteiger partial charge in [-0.15, -0.1) is 0 Å². The number of aromatic amines is 1. The summed E-state index contributed by atoms with van der Waals surface area (Å²) in [6.07, 6.45) is 4.99. The van der Waals surface area contributed by atoms with Crippen molar-refractivity contribution in [3.63, 3.8) is 0 Å². The molecule has 1 N–H and O–H groups in total. The molecule has 4 aromatic rings. The maximum Gasteiger partial charge on any atom is 0.199 e. The number of hydrogen-bond donors (Lipinski definition) is 1. The third kappa shape index (κ3) is 3.20. The van der Waals surface area contributed by atoms with Gasteiger partial charge in [0.15, 0.2) is 4.77 Å². The molecule has 0 amide bonds. The number of aryl methyl sites for hydroxylation is 1. The van der Waals surface area contributed by atoms with Crippen molar-refractivity contribution >= 4 is 12.2 Å². The molecule has 6 heteroatoms. The minimum absolute atomic E-state index is 0.383. The number of hydrogen-bond acceptors (Lipinski definition) is 3. The van der Waals surface area contributed by atoms with Crippen LogP contribution in [-0.2, 0) is 6.54 Å². The molecule has 0 radical (unpaired) electrons. The van der Waals surface area contributed by atoms with Crippen molar-refractivity contribution < 1.29 is 0 Å². The van der Waals surface area contributed by atoms with E-state index in [2.05, 4.69) is 58.6 Å². The van der Waals surface area contributed by atoms with Gasteiger partial charge >= 0.3 is 0 Å². The quantitative estimate of drug-likeness (QED) is 0.503. The summed E-state index contributed by atoms with van der Waals surface area (Å²) in [4.78, 5) is 0. The van der Waals surface area contributed by atoms with Crippen LogP contribution < -0.4 is 0 Å². The van der Waals surface area contributed by atoms with E-state index in [0.717, 1.165) is 24.5 Å². The van der Waals surface area contributed by atoms with E-state index in [1.54, 1.807) is 0 Å². The SMILES string of the molecule is Cc1ccc([C@H]2C[C@H]2c2n[nH]c(=S)n2-c2cnn(Cc3ccccc3)c2)cc1.